The van der Waals surface area contributed by atoms with Gasteiger partial charge >= 0.3 is 0 Å². The minimum absolute atomic E-state index is 1.21. The summed E-state index contributed by atoms with van der Waals surface area (Å²) in [6.07, 6.45) is 40.6. The third-order valence-electron chi connectivity index (χ3n) is 9.51. The molecule has 1 aromatic rings. The Kier molecular flexibility index (Phi) is 27.3. The summed E-state index contributed by atoms with van der Waals surface area (Å²) in [6.45, 7) is 8.53. The van der Waals surface area contributed by atoms with Crippen LogP contribution in [-0.2, 0) is 6.54 Å². The number of nitrogens with zero attached hydrogens (tertiary/aromatic N) is 1. The van der Waals surface area contributed by atoms with E-state index in [0.29, 0.717) is 0 Å². The number of hydrogen-bond donors (Lipinski definition) is 0. The Morgan fingerprint density at radius 1 is 0.366 bits per heavy atom. The molecule has 1 nitrogen and oxygen atoms in total. The molecular formula is C40H76N+. The van der Waals surface area contributed by atoms with Crippen LogP contribution in [0.3, 0.4) is 0 Å². The van der Waals surface area contributed by atoms with E-state index in [2.05, 4.69) is 51.2 Å². The van der Waals surface area contributed by atoms with E-state index in [4.69, 9.17) is 0 Å². The zero-order valence-electron chi connectivity index (χ0n) is 28.8. The van der Waals surface area contributed by atoms with Gasteiger partial charge in [0.25, 0.3) is 0 Å². The van der Waals surface area contributed by atoms with Crippen molar-refractivity contribution in [3.63, 3.8) is 0 Å². The standard InChI is InChI=1S/C40H76N/c1-4-6-8-10-12-14-16-18-19-20-21-23-25-27-29-34-38-41(3,39-40-35-31-30-32-36-40)37-33-28-26-24-22-17-15-13-11-9-7-5-2/h30-32,35-36H,4-29,33-34,37-39H2,1-3H3/q+1. The van der Waals surface area contributed by atoms with E-state index in [9.17, 15) is 0 Å². The van der Waals surface area contributed by atoms with Gasteiger partial charge in [0.05, 0.1) is 20.1 Å². The Morgan fingerprint density at radius 3 is 0.927 bits per heavy atom. The number of unbranched alkanes of at least 4 members (excludes halogenated alkanes) is 26. The van der Waals surface area contributed by atoms with E-state index in [-0.39, 0.29) is 0 Å². The van der Waals surface area contributed by atoms with E-state index < -0.39 is 0 Å². The molecule has 0 radical (unpaired) electrons. The Labute approximate surface area is 260 Å². The fourth-order valence-corrected chi connectivity index (χ4v) is 6.67. The number of rotatable bonds is 32. The average molecular weight is 571 g/mol. The molecule has 240 valence electrons. The topological polar surface area (TPSA) is 0 Å². The molecule has 0 aliphatic rings. The smallest absolute Gasteiger partial charge is 0.104 e. The largest absolute Gasteiger partial charge is 0.322 e. The molecule has 0 heterocycles. The maximum Gasteiger partial charge on any atom is 0.104 e. The van der Waals surface area contributed by atoms with Gasteiger partial charge in [-0.05, 0) is 25.7 Å². The molecule has 0 aliphatic heterocycles. The molecule has 1 unspecified atom stereocenters. The first-order valence-electron chi connectivity index (χ1n) is 19.1. The predicted molar refractivity (Wildman–Crippen MR) is 187 cm³/mol. The molecule has 0 spiro atoms. The van der Waals surface area contributed by atoms with Gasteiger partial charge in [-0.1, -0.05) is 198 Å². The van der Waals surface area contributed by atoms with E-state index in [1.165, 1.54) is 209 Å². The molecule has 1 rings (SSSR count). The molecule has 1 atom stereocenters. The van der Waals surface area contributed by atoms with Gasteiger partial charge in [0, 0.05) is 5.56 Å². The summed E-state index contributed by atoms with van der Waals surface area (Å²) >= 11 is 0. The van der Waals surface area contributed by atoms with Crippen molar-refractivity contribution < 1.29 is 4.48 Å². The van der Waals surface area contributed by atoms with Crippen LogP contribution in [0.15, 0.2) is 30.3 Å². The molecule has 0 bridgehead atoms. The summed E-state index contributed by atoms with van der Waals surface area (Å²) in [4.78, 5) is 0. The van der Waals surface area contributed by atoms with Crippen molar-refractivity contribution in [1.82, 2.24) is 0 Å². The van der Waals surface area contributed by atoms with Crippen molar-refractivity contribution >= 4 is 0 Å². The van der Waals surface area contributed by atoms with E-state index in [1.807, 2.05) is 0 Å². The summed E-state index contributed by atoms with van der Waals surface area (Å²) in [5.41, 5.74) is 1.52. The zero-order valence-corrected chi connectivity index (χ0v) is 28.8. The molecule has 0 aromatic heterocycles. The number of quaternary nitrogens is 1. The molecule has 1 heteroatoms. The first kappa shape index (κ1) is 38.2. The first-order chi connectivity index (χ1) is 20.2. The fraction of sp³-hybridized carbons (Fsp3) is 0.850. The van der Waals surface area contributed by atoms with Crippen LogP contribution < -0.4 is 0 Å². The molecule has 0 saturated heterocycles. The van der Waals surface area contributed by atoms with Crippen LogP contribution in [0.4, 0.5) is 0 Å². The SMILES string of the molecule is CCCCCCCCCCCCCCCCCC[N+](C)(CCCCCCCCCCCCCC)Cc1ccccc1. The summed E-state index contributed by atoms with van der Waals surface area (Å²) in [5.74, 6) is 0. The van der Waals surface area contributed by atoms with E-state index >= 15 is 0 Å². The van der Waals surface area contributed by atoms with Crippen LogP contribution >= 0.6 is 0 Å². The minimum Gasteiger partial charge on any atom is -0.322 e. The minimum atomic E-state index is 1.21. The summed E-state index contributed by atoms with van der Waals surface area (Å²) in [5, 5.41) is 0. The van der Waals surface area contributed by atoms with Crippen molar-refractivity contribution in [1.29, 1.82) is 0 Å². The highest BCUT2D eigenvalue weighted by Gasteiger charge is 2.21. The second kappa shape index (κ2) is 29.3. The van der Waals surface area contributed by atoms with E-state index in [0.717, 1.165) is 0 Å². The lowest BCUT2D eigenvalue weighted by Gasteiger charge is -2.35. The number of hydrogen-bond acceptors (Lipinski definition) is 0. The highest BCUT2D eigenvalue weighted by atomic mass is 15.3. The lowest BCUT2D eigenvalue weighted by Crippen LogP contribution is -2.44. The predicted octanol–water partition coefficient (Wildman–Crippen LogP) is 13.6. The normalized spacial score (nSPS) is 13.0. The third kappa shape index (κ3) is 25.4. The van der Waals surface area contributed by atoms with Crippen molar-refractivity contribution in [2.45, 2.75) is 200 Å². The summed E-state index contributed by atoms with van der Waals surface area (Å²) in [6, 6.07) is 11.3. The van der Waals surface area contributed by atoms with Crippen LogP contribution in [0.2, 0.25) is 0 Å². The second-order valence-corrected chi connectivity index (χ2v) is 13.9. The maximum absolute atomic E-state index is 2.54. The monoisotopic (exact) mass is 571 g/mol. The van der Waals surface area contributed by atoms with Gasteiger partial charge in [-0.15, -0.1) is 0 Å². The van der Waals surface area contributed by atoms with Gasteiger partial charge in [-0.25, -0.2) is 0 Å². The molecular weight excluding hydrogens is 494 g/mol. The zero-order chi connectivity index (χ0) is 29.5. The van der Waals surface area contributed by atoms with Gasteiger partial charge in [-0.2, -0.15) is 0 Å². The van der Waals surface area contributed by atoms with Crippen LogP contribution in [0.25, 0.3) is 0 Å². The lowest BCUT2D eigenvalue weighted by atomic mass is 10.0. The van der Waals surface area contributed by atoms with Gasteiger partial charge in [0.1, 0.15) is 6.54 Å². The Bertz CT molecular complexity index is 625. The molecule has 41 heavy (non-hydrogen) atoms. The highest BCUT2D eigenvalue weighted by molar-refractivity contribution is 5.13. The summed E-state index contributed by atoms with van der Waals surface area (Å²) < 4.78 is 1.24. The highest BCUT2D eigenvalue weighted by Crippen LogP contribution is 2.19. The fourth-order valence-electron chi connectivity index (χ4n) is 6.67. The van der Waals surface area contributed by atoms with Gasteiger partial charge in [-0.3, -0.25) is 0 Å². The quantitative estimate of drug-likeness (QED) is 0.0597. The third-order valence-corrected chi connectivity index (χ3v) is 9.51. The van der Waals surface area contributed by atoms with Crippen molar-refractivity contribution in [2.24, 2.45) is 0 Å². The van der Waals surface area contributed by atoms with Crippen LogP contribution in [0.1, 0.15) is 199 Å². The van der Waals surface area contributed by atoms with Gasteiger partial charge in [0.15, 0.2) is 0 Å². The molecule has 0 aliphatic carbocycles. The van der Waals surface area contributed by atoms with Crippen LogP contribution in [-0.4, -0.2) is 24.6 Å². The molecule has 1 aromatic carbocycles. The molecule has 0 amide bonds. The number of benzene rings is 1. The van der Waals surface area contributed by atoms with Crippen molar-refractivity contribution in [2.75, 3.05) is 20.1 Å². The van der Waals surface area contributed by atoms with Crippen LogP contribution in [0, 0.1) is 0 Å². The van der Waals surface area contributed by atoms with Crippen molar-refractivity contribution in [3.8, 4) is 0 Å². The summed E-state index contributed by atoms with van der Waals surface area (Å²) in [7, 11) is 2.54. The maximum atomic E-state index is 2.54. The lowest BCUT2D eigenvalue weighted by molar-refractivity contribution is -0.923. The van der Waals surface area contributed by atoms with Gasteiger partial charge in [0.2, 0.25) is 0 Å². The van der Waals surface area contributed by atoms with Crippen LogP contribution in [0.5, 0.6) is 0 Å². The van der Waals surface area contributed by atoms with E-state index in [1.54, 1.807) is 0 Å². The first-order valence-corrected chi connectivity index (χ1v) is 19.1. The molecule has 0 saturated carbocycles. The Balaban J connectivity index is 2.09. The van der Waals surface area contributed by atoms with Gasteiger partial charge < -0.3 is 4.48 Å². The second-order valence-electron chi connectivity index (χ2n) is 13.9. The molecule has 0 N–H and O–H groups in total. The Morgan fingerprint density at radius 2 is 0.634 bits per heavy atom. The molecule has 0 fully saturated rings. The Hall–Kier alpha value is -0.820. The average Bonchev–Trinajstić information content (AvgIpc) is 2.98. The van der Waals surface area contributed by atoms with Crippen molar-refractivity contribution in [3.05, 3.63) is 35.9 Å².